The summed E-state index contributed by atoms with van der Waals surface area (Å²) < 4.78 is 36.9. The minimum absolute atomic E-state index is 0.174. The van der Waals surface area contributed by atoms with Gasteiger partial charge in [-0.05, 0) is 43.0 Å². The second kappa shape index (κ2) is 10.2. The number of carbonyl (C=O) groups is 4. The van der Waals surface area contributed by atoms with Crippen LogP contribution in [0.1, 0.15) is 31.4 Å². The van der Waals surface area contributed by atoms with Crippen LogP contribution in [0.2, 0.25) is 0 Å². The number of amides is 2. The summed E-state index contributed by atoms with van der Waals surface area (Å²) in [4.78, 5) is 52.0. The number of benzene rings is 2. The van der Waals surface area contributed by atoms with Crippen molar-refractivity contribution in [1.29, 1.82) is 0 Å². The molecule has 3 saturated heterocycles. The second-order valence-electron chi connectivity index (χ2n) is 9.37. The molecule has 0 aliphatic carbocycles. The van der Waals surface area contributed by atoms with E-state index in [1.165, 1.54) is 12.0 Å². The van der Waals surface area contributed by atoms with Gasteiger partial charge in [0.05, 0.1) is 18.9 Å². The van der Waals surface area contributed by atoms with Gasteiger partial charge in [0.15, 0.2) is 0 Å². The van der Waals surface area contributed by atoms with E-state index >= 15 is 0 Å². The Morgan fingerprint density at radius 2 is 1.61 bits per heavy atom. The normalized spacial score (nSPS) is 26.4. The van der Waals surface area contributed by atoms with Crippen LogP contribution in [0.5, 0.6) is 0 Å². The number of hydrogen-bond donors (Lipinski definition) is 1. The molecule has 8 nitrogen and oxygen atoms in total. The Kier molecular flexibility index (Phi) is 7.33. The van der Waals surface area contributed by atoms with Crippen molar-refractivity contribution in [3.05, 3.63) is 60.2 Å². The number of nitrogens with zero attached hydrogens (tertiary/aromatic N) is 2. The van der Waals surface area contributed by atoms with Crippen molar-refractivity contribution in [3.8, 4) is 11.1 Å². The van der Waals surface area contributed by atoms with Crippen LogP contribution in [0.4, 0.5) is 13.2 Å². The van der Waals surface area contributed by atoms with Crippen molar-refractivity contribution < 1.29 is 42.2 Å². The molecule has 0 bridgehead atoms. The van der Waals surface area contributed by atoms with Gasteiger partial charge in [0.2, 0.25) is 11.8 Å². The third kappa shape index (κ3) is 4.34. The Morgan fingerprint density at radius 1 is 1.03 bits per heavy atom. The zero-order chi connectivity index (χ0) is 27.8. The van der Waals surface area contributed by atoms with Crippen molar-refractivity contribution in [2.45, 2.75) is 37.5 Å². The topological polar surface area (TPSA) is 104 Å². The van der Waals surface area contributed by atoms with Crippen LogP contribution < -0.4 is 0 Å². The lowest BCUT2D eigenvalue weighted by Crippen LogP contribution is -2.54. The van der Waals surface area contributed by atoms with Crippen LogP contribution in [-0.2, 0) is 23.9 Å². The van der Waals surface area contributed by atoms with Gasteiger partial charge in [0.1, 0.15) is 5.54 Å². The molecule has 3 fully saturated rings. The SMILES string of the molecule is CCN1C(=O)[C@@H]2[C@@H](c3ccc(-c4ccccc4)cc3)N3CCC[C@@]3(C(=O)OC)[C@@H]2C1=O.O=C(O)C(F)(F)F. The number of halogens is 3. The number of imide groups is 1. The van der Waals surface area contributed by atoms with Crippen molar-refractivity contribution in [3.63, 3.8) is 0 Å². The molecule has 2 aromatic carbocycles. The van der Waals surface area contributed by atoms with Gasteiger partial charge in [-0.15, -0.1) is 0 Å². The number of carboxylic acids is 1. The first kappa shape index (κ1) is 27.3. The van der Waals surface area contributed by atoms with Gasteiger partial charge in [-0.1, -0.05) is 54.6 Å². The number of fused-ring (bicyclic) bond motifs is 3. The molecule has 2 aromatic rings. The highest BCUT2D eigenvalue weighted by Gasteiger charge is 2.73. The second-order valence-corrected chi connectivity index (χ2v) is 9.37. The summed E-state index contributed by atoms with van der Waals surface area (Å²) >= 11 is 0. The van der Waals surface area contributed by atoms with Crippen LogP contribution in [0.3, 0.4) is 0 Å². The Balaban J connectivity index is 0.000000426. The average Bonchev–Trinajstić information content (AvgIpc) is 3.52. The van der Waals surface area contributed by atoms with E-state index < -0.39 is 35.5 Å². The number of likely N-dealkylation sites (tertiary alicyclic amines) is 1. The van der Waals surface area contributed by atoms with E-state index in [2.05, 4.69) is 17.0 Å². The maximum atomic E-state index is 13.3. The monoisotopic (exact) mass is 532 g/mol. The summed E-state index contributed by atoms with van der Waals surface area (Å²) in [6.07, 6.45) is -3.75. The van der Waals surface area contributed by atoms with Gasteiger partial charge in [0, 0.05) is 12.6 Å². The lowest BCUT2D eigenvalue weighted by atomic mass is 9.77. The fraction of sp³-hybridized carbons (Fsp3) is 0.407. The minimum atomic E-state index is -5.08. The molecule has 3 heterocycles. The van der Waals surface area contributed by atoms with Crippen molar-refractivity contribution in [2.24, 2.45) is 11.8 Å². The zero-order valence-corrected chi connectivity index (χ0v) is 20.8. The predicted molar refractivity (Wildman–Crippen MR) is 128 cm³/mol. The number of methoxy groups -OCH3 is 1. The highest BCUT2D eigenvalue weighted by Crippen LogP contribution is 2.59. The smallest absolute Gasteiger partial charge is 0.475 e. The number of esters is 1. The molecule has 3 aliphatic heterocycles. The molecule has 0 spiro atoms. The number of carbonyl (C=O) groups excluding carboxylic acids is 3. The van der Waals surface area contributed by atoms with Gasteiger partial charge >= 0.3 is 18.1 Å². The number of hydrogen-bond acceptors (Lipinski definition) is 6. The fourth-order valence-electron chi connectivity index (χ4n) is 6.07. The van der Waals surface area contributed by atoms with Gasteiger partial charge in [-0.3, -0.25) is 24.2 Å². The molecular formula is C27H27F3N2O6. The number of ether oxygens (including phenoxy) is 1. The van der Waals surface area contributed by atoms with Crippen LogP contribution in [0, 0.1) is 11.8 Å². The Hall–Kier alpha value is -3.73. The van der Waals surface area contributed by atoms with Crippen molar-refractivity contribution >= 4 is 23.8 Å². The van der Waals surface area contributed by atoms with Gasteiger partial charge in [-0.2, -0.15) is 13.2 Å². The number of alkyl halides is 3. The Labute approximate surface area is 217 Å². The molecule has 1 N–H and O–H groups in total. The Bertz CT molecular complexity index is 1230. The van der Waals surface area contributed by atoms with Crippen LogP contribution in [0.15, 0.2) is 54.6 Å². The molecule has 0 aromatic heterocycles. The zero-order valence-electron chi connectivity index (χ0n) is 20.8. The molecule has 5 rings (SSSR count). The van der Waals surface area contributed by atoms with Crippen LogP contribution in [0.25, 0.3) is 11.1 Å². The first-order valence-corrected chi connectivity index (χ1v) is 12.1. The molecule has 38 heavy (non-hydrogen) atoms. The molecule has 0 saturated carbocycles. The van der Waals surface area contributed by atoms with Crippen molar-refractivity contribution in [2.75, 3.05) is 20.2 Å². The minimum Gasteiger partial charge on any atom is -0.475 e. The molecule has 2 amide bonds. The standard InChI is InChI=1S/C25H26N2O4.C2HF3O2/c1-3-26-22(28)19-20(23(26)29)25(24(30)31-2)14-7-15-27(25)21(19)18-12-10-17(11-13-18)16-8-5-4-6-9-16;3-2(4,5)1(6)7/h4-6,8-13,19-21H,3,7,14-15H2,1-2H3;(H,6,7)/t19-,20-,21+,25-;/m0./s1. The summed E-state index contributed by atoms with van der Waals surface area (Å²) in [6.45, 7) is 2.79. The molecule has 11 heteroatoms. The molecule has 4 atom stereocenters. The molecule has 0 unspecified atom stereocenters. The van der Waals surface area contributed by atoms with E-state index in [0.717, 1.165) is 23.1 Å². The largest absolute Gasteiger partial charge is 0.490 e. The highest BCUT2D eigenvalue weighted by atomic mass is 19.4. The quantitative estimate of drug-likeness (QED) is 0.473. The van der Waals surface area contributed by atoms with Crippen LogP contribution >= 0.6 is 0 Å². The lowest BCUT2D eigenvalue weighted by Gasteiger charge is -2.36. The maximum Gasteiger partial charge on any atom is 0.490 e. The predicted octanol–water partition coefficient (Wildman–Crippen LogP) is 3.67. The van der Waals surface area contributed by atoms with E-state index in [9.17, 15) is 27.6 Å². The number of carboxylic acid groups (broad SMARTS) is 1. The Morgan fingerprint density at radius 3 is 2.13 bits per heavy atom. The third-order valence-electron chi connectivity index (χ3n) is 7.56. The third-order valence-corrected chi connectivity index (χ3v) is 7.56. The van der Waals surface area contributed by atoms with Crippen LogP contribution in [-0.4, -0.2) is 70.6 Å². The molecule has 202 valence electrons. The van der Waals surface area contributed by atoms with E-state index in [-0.39, 0.29) is 17.9 Å². The summed E-state index contributed by atoms with van der Waals surface area (Å²) in [7, 11) is 1.36. The van der Waals surface area contributed by atoms with E-state index in [4.69, 9.17) is 14.6 Å². The van der Waals surface area contributed by atoms with Crippen molar-refractivity contribution in [1.82, 2.24) is 9.80 Å². The summed E-state index contributed by atoms with van der Waals surface area (Å²) in [5.41, 5.74) is 2.11. The number of rotatable bonds is 4. The van der Waals surface area contributed by atoms with E-state index in [1.54, 1.807) is 6.92 Å². The van der Waals surface area contributed by atoms with Gasteiger partial charge in [-0.25, -0.2) is 4.79 Å². The first-order chi connectivity index (χ1) is 18.0. The average molecular weight is 533 g/mol. The first-order valence-electron chi connectivity index (χ1n) is 12.1. The van der Waals surface area contributed by atoms with Gasteiger partial charge < -0.3 is 9.84 Å². The molecule has 3 aliphatic rings. The lowest BCUT2D eigenvalue weighted by molar-refractivity contribution is -0.192. The fourth-order valence-corrected chi connectivity index (χ4v) is 6.07. The molecular weight excluding hydrogens is 505 g/mol. The molecule has 0 radical (unpaired) electrons. The van der Waals surface area contributed by atoms with E-state index in [0.29, 0.717) is 19.5 Å². The number of aliphatic carboxylic acids is 1. The highest BCUT2D eigenvalue weighted by molar-refractivity contribution is 6.09. The summed E-state index contributed by atoms with van der Waals surface area (Å²) in [5, 5.41) is 7.12. The summed E-state index contributed by atoms with van der Waals surface area (Å²) in [6, 6.07) is 17.9. The van der Waals surface area contributed by atoms with Gasteiger partial charge in [0.25, 0.3) is 0 Å². The van der Waals surface area contributed by atoms with E-state index in [1.807, 2.05) is 42.5 Å². The maximum absolute atomic E-state index is 13.3. The summed E-state index contributed by atoms with van der Waals surface area (Å²) in [5.74, 6) is -4.82.